The summed E-state index contributed by atoms with van der Waals surface area (Å²) in [5.74, 6) is -1.47. The van der Waals surface area contributed by atoms with Gasteiger partial charge < -0.3 is 16.2 Å². The molecule has 0 aliphatic heterocycles. The van der Waals surface area contributed by atoms with Gasteiger partial charge >= 0.3 is 0 Å². The van der Waals surface area contributed by atoms with Crippen LogP contribution < -0.4 is 11.1 Å². The number of carbonyl (C=O) groups is 3. The summed E-state index contributed by atoms with van der Waals surface area (Å²) in [5.41, 5.74) is 5.95. The van der Waals surface area contributed by atoms with Crippen molar-refractivity contribution in [3.05, 3.63) is 29.8 Å². The minimum absolute atomic E-state index is 0.161. The van der Waals surface area contributed by atoms with Gasteiger partial charge in [0.2, 0.25) is 11.8 Å². The second-order valence-corrected chi connectivity index (χ2v) is 5.11. The number of primary amides is 1. The normalized spacial score (nSPS) is 13.2. The maximum absolute atomic E-state index is 12.0. The molecule has 4 N–H and O–H groups in total. The van der Waals surface area contributed by atoms with Crippen LogP contribution in [0.2, 0.25) is 0 Å². The van der Waals surface area contributed by atoms with E-state index in [0.717, 1.165) is 5.56 Å². The van der Waals surface area contributed by atoms with Gasteiger partial charge in [-0.05, 0) is 31.0 Å². The molecule has 0 aliphatic rings. The standard InChI is InChI=1S/C15H20N2O4/c1-9(7-11-3-5-12(19)6-4-11)15(21)17-13(10(2)18)8-14(16)20/h3-6,9,13,19H,7-8H2,1-2H3,(H2,16,20)(H,17,21)/t9-,13-/m0/s1. The third-order valence-corrected chi connectivity index (χ3v) is 3.14. The molecule has 2 amide bonds. The molecule has 0 spiro atoms. The van der Waals surface area contributed by atoms with Crippen molar-refractivity contribution >= 4 is 17.6 Å². The number of amides is 2. The van der Waals surface area contributed by atoms with Crippen LogP contribution in [0.1, 0.15) is 25.8 Å². The largest absolute Gasteiger partial charge is 0.508 e. The Hall–Kier alpha value is -2.37. The molecule has 0 aliphatic carbocycles. The molecular formula is C15H20N2O4. The number of benzene rings is 1. The van der Waals surface area contributed by atoms with Crippen LogP contribution in [0.3, 0.4) is 0 Å². The molecule has 0 heterocycles. The third kappa shape index (κ3) is 5.64. The van der Waals surface area contributed by atoms with Crippen LogP contribution >= 0.6 is 0 Å². The molecule has 0 saturated carbocycles. The SMILES string of the molecule is CC(=O)[C@H](CC(N)=O)NC(=O)[C@@H](C)Cc1ccc(O)cc1. The van der Waals surface area contributed by atoms with E-state index < -0.39 is 11.9 Å². The van der Waals surface area contributed by atoms with Crippen molar-refractivity contribution in [1.82, 2.24) is 5.32 Å². The van der Waals surface area contributed by atoms with Crippen LogP contribution in [-0.2, 0) is 20.8 Å². The van der Waals surface area contributed by atoms with Crippen LogP contribution in [0, 0.1) is 5.92 Å². The van der Waals surface area contributed by atoms with Crippen LogP contribution in [0.15, 0.2) is 24.3 Å². The number of nitrogens with one attached hydrogen (secondary N) is 1. The van der Waals surface area contributed by atoms with E-state index in [1.165, 1.54) is 6.92 Å². The van der Waals surface area contributed by atoms with E-state index in [0.29, 0.717) is 6.42 Å². The molecule has 1 rings (SSSR count). The fourth-order valence-electron chi connectivity index (χ4n) is 1.89. The molecule has 1 aromatic rings. The van der Waals surface area contributed by atoms with Gasteiger partial charge in [-0.3, -0.25) is 14.4 Å². The number of Topliss-reactive ketones (excluding diaryl/α,β-unsaturated/α-hetero) is 1. The number of hydrogen-bond donors (Lipinski definition) is 3. The Morgan fingerprint density at radius 1 is 1.24 bits per heavy atom. The Bertz CT molecular complexity index is 525. The van der Waals surface area contributed by atoms with Crippen molar-refractivity contribution in [2.75, 3.05) is 0 Å². The molecule has 1 aromatic carbocycles. The molecule has 6 nitrogen and oxygen atoms in total. The predicted octanol–water partition coefficient (Wildman–Crippen LogP) is 0.520. The molecule has 0 aromatic heterocycles. The summed E-state index contributed by atoms with van der Waals surface area (Å²) in [6, 6.07) is 5.67. The molecule has 0 bridgehead atoms. The summed E-state index contributed by atoms with van der Waals surface area (Å²) < 4.78 is 0. The molecule has 0 unspecified atom stereocenters. The maximum atomic E-state index is 12.0. The van der Waals surface area contributed by atoms with E-state index >= 15 is 0 Å². The number of phenolic OH excluding ortho intramolecular Hbond substituents is 1. The van der Waals surface area contributed by atoms with Gasteiger partial charge in [-0.15, -0.1) is 0 Å². The number of aromatic hydroxyl groups is 1. The van der Waals surface area contributed by atoms with E-state index in [1.54, 1.807) is 31.2 Å². The first-order valence-corrected chi connectivity index (χ1v) is 6.66. The number of ketones is 1. The Morgan fingerprint density at radius 2 is 1.81 bits per heavy atom. The van der Waals surface area contributed by atoms with Gasteiger partial charge in [-0.1, -0.05) is 19.1 Å². The van der Waals surface area contributed by atoms with Crippen molar-refractivity contribution in [1.29, 1.82) is 0 Å². The van der Waals surface area contributed by atoms with E-state index in [4.69, 9.17) is 5.73 Å². The van der Waals surface area contributed by atoms with Crippen molar-refractivity contribution in [3.63, 3.8) is 0 Å². The van der Waals surface area contributed by atoms with Gasteiger partial charge in [0, 0.05) is 5.92 Å². The highest BCUT2D eigenvalue weighted by Crippen LogP contribution is 2.14. The number of carbonyl (C=O) groups excluding carboxylic acids is 3. The van der Waals surface area contributed by atoms with Crippen LogP contribution in [0.5, 0.6) is 5.75 Å². The number of phenols is 1. The predicted molar refractivity (Wildman–Crippen MR) is 77.4 cm³/mol. The molecule has 2 atom stereocenters. The first-order chi connectivity index (χ1) is 9.79. The highest BCUT2D eigenvalue weighted by Gasteiger charge is 2.22. The lowest BCUT2D eigenvalue weighted by molar-refractivity contribution is -0.130. The first kappa shape index (κ1) is 16.7. The average molecular weight is 292 g/mol. The van der Waals surface area contributed by atoms with Gasteiger partial charge in [0.25, 0.3) is 0 Å². The summed E-state index contributed by atoms with van der Waals surface area (Å²) in [4.78, 5) is 34.3. The molecule has 0 radical (unpaired) electrons. The van der Waals surface area contributed by atoms with E-state index in [2.05, 4.69) is 5.32 Å². The zero-order valence-electron chi connectivity index (χ0n) is 12.1. The molecular weight excluding hydrogens is 272 g/mol. The Balaban J connectivity index is 2.62. The smallest absolute Gasteiger partial charge is 0.223 e. The lowest BCUT2D eigenvalue weighted by Gasteiger charge is -2.18. The summed E-state index contributed by atoms with van der Waals surface area (Å²) in [5, 5.41) is 11.7. The zero-order chi connectivity index (χ0) is 16.0. The highest BCUT2D eigenvalue weighted by atomic mass is 16.3. The Morgan fingerprint density at radius 3 is 2.29 bits per heavy atom. The molecule has 21 heavy (non-hydrogen) atoms. The van der Waals surface area contributed by atoms with Crippen molar-refractivity contribution in [2.45, 2.75) is 32.7 Å². The van der Waals surface area contributed by atoms with Gasteiger partial charge in [-0.25, -0.2) is 0 Å². The van der Waals surface area contributed by atoms with Crippen molar-refractivity contribution in [2.24, 2.45) is 11.7 Å². The topological polar surface area (TPSA) is 109 Å². The minimum Gasteiger partial charge on any atom is -0.508 e. The summed E-state index contributed by atoms with van der Waals surface area (Å²) in [6.07, 6.45) is 0.264. The van der Waals surface area contributed by atoms with Crippen LogP contribution in [-0.4, -0.2) is 28.7 Å². The number of nitrogens with two attached hydrogens (primary N) is 1. The van der Waals surface area contributed by atoms with Crippen LogP contribution in [0.25, 0.3) is 0 Å². The van der Waals surface area contributed by atoms with E-state index in [1.807, 2.05) is 0 Å². The van der Waals surface area contributed by atoms with Gasteiger partial charge in [0.05, 0.1) is 12.5 Å². The fraction of sp³-hybridized carbons (Fsp3) is 0.400. The van der Waals surface area contributed by atoms with Gasteiger partial charge in [0.15, 0.2) is 5.78 Å². The molecule has 0 saturated heterocycles. The summed E-state index contributed by atoms with van der Waals surface area (Å²) in [7, 11) is 0. The van der Waals surface area contributed by atoms with E-state index in [9.17, 15) is 19.5 Å². The van der Waals surface area contributed by atoms with Crippen molar-refractivity contribution < 1.29 is 19.5 Å². The molecule has 6 heteroatoms. The monoisotopic (exact) mass is 292 g/mol. The van der Waals surface area contributed by atoms with Gasteiger partial charge in [-0.2, -0.15) is 0 Å². The summed E-state index contributed by atoms with van der Waals surface area (Å²) in [6.45, 7) is 3.03. The van der Waals surface area contributed by atoms with Crippen molar-refractivity contribution in [3.8, 4) is 5.75 Å². The quantitative estimate of drug-likeness (QED) is 0.680. The minimum atomic E-state index is -0.878. The Labute approximate surface area is 123 Å². The number of rotatable bonds is 7. The fourth-order valence-corrected chi connectivity index (χ4v) is 1.89. The zero-order valence-corrected chi connectivity index (χ0v) is 12.1. The first-order valence-electron chi connectivity index (χ1n) is 6.66. The van der Waals surface area contributed by atoms with Crippen LogP contribution in [0.4, 0.5) is 0 Å². The van der Waals surface area contributed by atoms with E-state index in [-0.39, 0.29) is 29.8 Å². The Kier molecular flexibility index (Phi) is 5.90. The molecule has 114 valence electrons. The lowest BCUT2D eigenvalue weighted by atomic mass is 9.99. The summed E-state index contributed by atoms with van der Waals surface area (Å²) >= 11 is 0. The van der Waals surface area contributed by atoms with Gasteiger partial charge in [0.1, 0.15) is 5.75 Å². The highest BCUT2D eigenvalue weighted by molar-refractivity contribution is 5.92. The lowest BCUT2D eigenvalue weighted by Crippen LogP contribution is -2.44. The third-order valence-electron chi connectivity index (χ3n) is 3.14. The maximum Gasteiger partial charge on any atom is 0.223 e. The second-order valence-electron chi connectivity index (χ2n) is 5.11. The molecule has 0 fully saturated rings. The average Bonchev–Trinajstić information content (AvgIpc) is 2.39. The second kappa shape index (κ2) is 7.42. The number of hydrogen-bond acceptors (Lipinski definition) is 4.